The minimum absolute atomic E-state index is 0.112. The second-order valence-corrected chi connectivity index (χ2v) is 5.23. The van der Waals surface area contributed by atoms with Crippen molar-refractivity contribution in [2.45, 2.75) is 19.4 Å². The molecule has 2 amide bonds. The Bertz CT molecular complexity index is 681. The van der Waals surface area contributed by atoms with Gasteiger partial charge in [0.1, 0.15) is 11.8 Å². The fraction of sp³-hybridized carbons (Fsp3) is 0.176. The highest BCUT2D eigenvalue weighted by atomic mass is 16.4. The number of nitrogens with one attached hydrogen (secondary N) is 2. The summed E-state index contributed by atoms with van der Waals surface area (Å²) in [6.45, 7) is 1.94. The van der Waals surface area contributed by atoms with Crippen molar-refractivity contribution in [1.29, 1.82) is 0 Å². The highest BCUT2D eigenvalue weighted by Crippen LogP contribution is 2.13. The number of benzene rings is 2. The molecule has 0 aliphatic carbocycles. The van der Waals surface area contributed by atoms with Gasteiger partial charge < -0.3 is 20.8 Å². The van der Waals surface area contributed by atoms with Crippen molar-refractivity contribution < 1.29 is 19.8 Å². The van der Waals surface area contributed by atoms with E-state index >= 15 is 0 Å². The first-order valence-corrected chi connectivity index (χ1v) is 7.09. The molecule has 0 radical (unpaired) electrons. The number of aryl methyl sites for hydroxylation is 1. The van der Waals surface area contributed by atoms with Crippen LogP contribution in [0.5, 0.6) is 5.75 Å². The van der Waals surface area contributed by atoms with E-state index in [2.05, 4.69) is 10.6 Å². The van der Waals surface area contributed by atoms with Gasteiger partial charge in [0.2, 0.25) is 5.91 Å². The SMILES string of the molecule is Cc1ccc(NC(=O)[C@@H](Cc2ccc(O)cc2)NC(=O)O)cc1. The zero-order valence-corrected chi connectivity index (χ0v) is 12.6. The third kappa shape index (κ3) is 5.03. The molecule has 6 heteroatoms. The molecule has 1 atom stereocenters. The van der Waals surface area contributed by atoms with Crippen molar-refractivity contribution in [1.82, 2.24) is 5.32 Å². The summed E-state index contributed by atoms with van der Waals surface area (Å²) in [5.74, 6) is -0.329. The van der Waals surface area contributed by atoms with E-state index < -0.39 is 18.0 Å². The van der Waals surface area contributed by atoms with Gasteiger partial charge in [0, 0.05) is 12.1 Å². The third-order valence-electron chi connectivity index (χ3n) is 3.31. The number of amides is 2. The van der Waals surface area contributed by atoms with Gasteiger partial charge in [-0.2, -0.15) is 0 Å². The molecule has 0 aliphatic heterocycles. The largest absolute Gasteiger partial charge is 0.508 e. The molecule has 2 aromatic rings. The quantitative estimate of drug-likeness (QED) is 0.681. The van der Waals surface area contributed by atoms with E-state index in [9.17, 15) is 14.7 Å². The van der Waals surface area contributed by atoms with Crippen LogP contribution in [0.25, 0.3) is 0 Å². The fourth-order valence-corrected chi connectivity index (χ4v) is 2.09. The van der Waals surface area contributed by atoms with E-state index in [1.54, 1.807) is 24.3 Å². The van der Waals surface area contributed by atoms with Crippen LogP contribution in [0.2, 0.25) is 0 Å². The number of phenols is 1. The Morgan fingerprint density at radius 3 is 2.22 bits per heavy atom. The maximum atomic E-state index is 12.3. The van der Waals surface area contributed by atoms with Crippen LogP contribution in [-0.4, -0.2) is 28.3 Å². The number of rotatable bonds is 5. The average Bonchev–Trinajstić information content (AvgIpc) is 2.50. The standard InChI is InChI=1S/C17H18N2O4/c1-11-2-6-13(7-3-11)18-16(21)15(19-17(22)23)10-12-4-8-14(20)9-5-12/h2-9,15,19-20H,10H2,1H3,(H,18,21)(H,22,23)/t15-/m1/s1. The molecule has 0 aliphatic rings. The Morgan fingerprint density at radius 1 is 1.04 bits per heavy atom. The molecule has 0 aromatic heterocycles. The Hall–Kier alpha value is -3.02. The molecule has 4 N–H and O–H groups in total. The van der Waals surface area contributed by atoms with Crippen molar-refractivity contribution in [3.05, 3.63) is 59.7 Å². The van der Waals surface area contributed by atoms with Crippen molar-refractivity contribution in [2.75, 3.05) is 5.32 Å². The number of carbonyl (C=O) groups is 2. The molecule has 120 valence electrons. The van der Waals surface area contributed by atoms with Gasteiger partial charge in [-0.15, -0.1) is 0 Å². The molecule has 0 heterocycles. The Kier molecular flexibility index (Phi) is 5.19. The van der Waals surface area contributed by atoms with E-state index in [-0.39, 0.29) is 12.2 Å². The summed E-state index contributed by atoms with van der Waals surface area (Å²) in [5, 5.41) is 23.1. The lowest BCUT2D eigenvalue weighted by molar-refractivity contribution is -0.118. The van der Waals surface area contributed by atoms with E-state index in [0.717, 1.165) is 11.1 Å². The summed E-state index contributed by atoms with van der Waals surface area (Å²) >= 11 is 0. The first-order chi connectivity index (χ1) is 10.9. The zero-order valence-electron chi connectivity index (χ0n) is 12.6. The van der Waals surface area contributed by atoms with Crippen LogP contribution in [0.1, 0.15) is 11.1 Å². The molecule has 0 spiro atoms. The Labute approximate surface area is 133 Å². The number of anilines is 1. The number of carboxylic acid groups (broad SMARTS) is 1. The van der Waals surface area contributed by atoms with Crippen LogP contribution >= 0.6 is 0 Å². The van der Waals surface area contributed by atoms with Gasteiger partial charge >= 0.3 is 6.09 Å². The van der Waals surface area contributed by atoms with Crippen molar-refractivity contribution >= 4 is 17.7 Å². The molecule has 0 bridgehead atoms. The smallest absolute Gasteiger partial charge is 0.405 e. The molecule has 2 rings (SSSR count). The van der Waals surface area contributed by atoms with Crippen LogP contribution < -0.4 is 10.6 Å². The van der Waals surface area contributed by atoms with Gasteiger partial charge in [-0.25, -0.2) is 4.79 Å². The monoisotopic (exact) mass is 314 g/mol. The summed E-state index contributed by atoms with van der Waals surface area (Å²) in [7, 11) is 0. The van der Waals surface area contributed by atoms with Crippen LogP contribution in [0, 0.1) is 6.92 Å². The van der Waals surface area contributed by atoms with Crippen LogP contribution in [0.15, 0.2) is 48.5 Å². The van der Waals surface area contributed by atoms with Crippen LogP contribution in [-0.2, 0) is 11.2 Å². The van der Waals surface area contributed by atoms with Gasteiger partial charge in [-0.3, -0.25) is 4.79 Å². The first-order valence-electron chi connectivity index (χ1n) is 7.09. The topological polar surface area (TPSA) is 98.7 Å². The predicted octanol–water partition coefficient (Wildman–Crippen LogP) is 2.52. The van der Waals surface area contributed by atoms with E-state index in [4.69, 9.17) is 5.11 Å². The zero-order chi connectivity index (χ0) is 16.8. The number of hydrogen-bond donors (Lipinski definition) is 4. The lowest BCUT2D eigenvalue weighted by Crippen LogP contribution is -2.44. The van der Waals surface area contributed by atoms with Gasteiger partial charge in [-0.05, 0) is 36.8 Å². The minimum atomic E-state index is -1.27. The summed E-state index contributed by atoms with van der Waals surface area (Å²) in [5.41, 5.74) is 2.40. The van der Waals surface area contributed by atoms with Gasteiger partial charge in [-0.1, -0.05) is 29.8 Å². The molecule has 23 heavy (non-hydrogen) atoms. The molecule has 0 unspecified atom stereocenters. The van der Waals surface area contributed by atoms with Gasteiger partial charge in [0.15, 0.2) is 0 Å². The summed E-state index contributed by atoms with van der Waals surface area (Å²) < 4.78 is 0. The van der Waals surface area contributed by atoms with Crippen LogP contribution in [0.4, 0.5) is 10.5 Å². The molecule has 0 saturated carbocycles. The van der Waals surface area contributed by atoms with E-state index in [1.807, 2.05) is 19.1 Å². The lowest BCUT2D eigenvalue weighted by atomic mass is 10.0. The maximum Gasteiger partial charge on any atom is 0.405 e. The summed E-state index contributed by atoms with van der Waals surface area (Å²) in [6, 6.07) is 12.6. The molecular formula is C17H18N2O4. The number of carbonyl (C=O) groups excluding carboxylic acids is 1. The highest BCUT2D eigenvalue weighted by Gasteiger charge is 2.21. The highest BCUT2D eigenvalue weighted by molar-refractivity contribution is 5.96. The van der Waals surface area contributed by atoms with Crippen molar-refractivity contribution in [2.24, 2.45) is 0 Å². The number of hydrogen-bond acceptors (Lipinski definition) is 3. The van der Waals surface area contributed by atoms with Crippen molar-refractivity contribution in [3.8, 4) is 5.75 Å². The maximum absolute atomic E-state index is 12.3. The van der Waals surface area contributed by atoms with Crippen LogP contribution in [0.3, 0.4) is 0 Å². The van der Waals surface area contributed by atoms with E-state index in [1.165, 1.54) is 12.1 Å². The number of phenolic OH excluding ortho intramolecular Hbond substituents is 1. The molecule has 0 saturated heterocycles. The molecule has 2 aromatic carbocycles. The fourth-order valence-electron chi connectivity index (χ4n) is 2.09. The second-order valence-electron chi connectivity index (χ2n) is 5.23. The average molecular weight is 314 g/mol. The summed E-state index contributed by atoms with van der Waals surface area (Å²) in [4.78, 5) is 23.2. The molecule has 6 nitrogen and oxygen atoms in total. The van der Waals surface area contributed by atoms with Gasteiger partial charge in [0.25, 0.3) is 0 Å². The third-order valence-corrected chi connectivity index (χ3v) is 3.31. The predicted molar refractivity (Wildman–Crippen MR) is 86.6 cm³/mol. The minimum Gasteiger partial charge on any atom is -0.508 e. The first kappa shape index (κ1) is 16.4. The Balaban J connectivity index is 2.09. The summed E-state index contributed by atoms with van der Waals surface area (Å²) in [6.07, 6.45) is -1.09. The van der Waals surface area contributed by atoms with Crippen molar-refractivity contribution in [3.63, 3.8) is 0 Å². The Morgan fingerprint density at radius 2 is 1.65 bits per heavy atom. The molecular weight excluding hydrogens is 296 g/mol. The lowest BCUT2D eigenvalue weighted by Gasteiger charge is -2.17. The van der Waals surface area contributed by atoms with E-state index in [0.29, 0.717) is 5.69 Å². The molecule has 0 fully saturated rings. The normalized spacial score (nSPS) is 11.5. The second kappa shape index (κ2) is 7.31. The number of aromatic hydroxyl groups is 1. The van der Waals surface area contributed by atoms with Gasteiger partial charge in [0.05, 0.1) is 0 Å².